The zero-order valence-electron chi connectivity index (χ0n) is 17.8. The third-order valence-corrected chi connectivity index (χ3v) is 5.90. The van der Waals surface area contributed by atoms with E-state index >= 15 is 0 Å². The molecule has 0 unspecified atom stereocenters. The summed E-state index contributed by atoms with van der Waals surface area (Å²) in [5.41, 5.74) is -1.31. The van der Waals surface area contributed by atoms with Gasteiger partial charge >= 0.3 is 6.18 Å². The highest BCUT2D eigenvalue weighted by atomic mass is 19.4. The Morgan fingerprint density at radius 2 is 1.91 bits per heavy atom. The zero-order chi connectivity index (χ0) is 23.0. The first-order valence-corrected chi connectivity index (χ1v) is 10.4. The second-order valence-corrected chi connectivity index (χ2v) is 8.28. The fraction of sp³-hybridized carbons (Fsp3) is 0.375. The lowest BCUT2D eigenvalue weighted by molar-refractivity contribution is -0.152. The van der Waals surface area contributed by atoms with E-state index in [1.165, 1.54) is 43.5 Å². The highest BCUT2D eigenvalue weighted by Gasteiger charge is 2.40. The van der Waals surface area contributed by atoms with Crippen molar-refractivity contribution in [1.29, 1.82) is 0 Å². The summed E-state index contributed by atoms with van der Waals surface area (Å²) in [6.45, 7) is 3.84. The summed E-state index contributed by atoms with van der Waals surface area (Å²) in [4.78, 5) is 15.3. The fourth-order valence-corrected chi connectivity index (χ4v) is 4.33. The molecule has 8 heteroatoms. The molecular weight excluding hydrogens is 423 g/mol. The van der Waals surface area contributed by atoms with E-state index in [9.17, 15) is 23.1 Å². The van der Waals surface area contributed by atoms with E-state index in [1.54, 1.807) is 0 Å². The maximum Gasteiger partial charge on any atom is 0.450 e. The van der Waals surface area contributed by atoms with Crippen LogP contribution in [0, 0.1) is 5.92 Å². The number of hydrogen-bond donors (Lipinski definition) is 1. The van der Waals surface area contributed by atoms with Gasteiger partial charge in [0.2, 0.25) is 11.2 Å². The smallest absolute Gasteiger partial charge is 0.450 e. The number of likely N-dealkylation sites (tertiary alicyclic amines) is 1. The lowest BCUT2D eigenvalue weighted by Crippen LogP contribution is -2.33. The number of hydrogen-bond acceptors (Lipinski definition) is 5. The number of piperidine rings is 1. The number of nitrogens with zero attached hydrogens (tertiary/aromatic N) is 1. The van der Waals surface area contributed by atoms with Crippen molar-refractivity contribution < 1.29 is 27.4 Å². The van der Waals surface area contributed by atoms with Crippen LogP contribution in [0.25, 0.3) is 22.1 Å². The van der Waals surface area contributed by atoms with Crippen LogP contribution in [0.2, 0.25) is 0 Å². The molecule has 5 nitrogen and oxygen atoms in total. The van der Waals surface area contributed by atoms with Crippen LogP contribution in [0.1, 0.15) is 31.1 Å². The van der Waals surface area contributed by atoms with Gasteiger partial charge in [-0.25, -0.2) is 0 Å². The minimum atomic E-state index is -4.90. The zero-order valence-corrected chi connectivity index (χ0v) is 17.8. The number of ether oxygens (including phenoxy) is 1. The summed E-state index contributed by atoms with van der Waals surface area (Å²) in [6.07, 6.45) is -2.85. The van der Waals surface area contributed by atoms with E-state index in [1.807, 2.05) is 0 Å². The maximum absolute atomic E-state index is 14.0. The Balaban J connectivity index is 1.92. The maximum atomic E-state index is 14.0. The van der Waals surface area contributed by atoms with Crippen molar-refractivity contribution >= 4 is 11.0 Å². The Morgan fingerprint density at radius 1 is 1.19 bits per heavy atom. The third kappa shape index (κ3) is 4.19. The normalized spacial score (nSPS) is 17.6. The predicted octanol–water partition coefficient (Wildman–Crippen LogP) is 5.42. The second kappa shape index (κ2) is 8.50. The second-order valence-electron chi connectivity index (χ2n) is 8.28. The van der Waals surface area contributed by atoms with E-state index in [0.29, 0.717) is 11.7 Å². The monoisotopic (exact) mass is 447 g/mol. The molecule has 1 fully saturated rings. The van der Waals surface area contributed by atoms with Gasteiger partial charge in [-0.15, -0.1) is 0 Å². The van der Waals surface area contributed by atoms with Crippen molar-refractivity contribution in [2.24, 2.45) is 5.92 Å². The van der Waals surface area contributed by atoms with Crippen LogP contribution in [-0.4, -0.2) is 30.2 Å². The molecule has 0 amide bonds. The van der Waals surface area contributed by atoms with Gasteiger partial charge in [0.05, 0.1) is 23.6 Å². The molecule has 0 bridgehead atoms. The highest BCUT2D eigenvalue weighted by Crippen LogP contribution is 2.39. The Labute approximate surface area is 183 Å². The molecule has 1 N–H and O–H groups in total. The average molecular weight is 447 g/mol. The number of rotatable bonds is 4. The van der Waals surface area contributed by atoms with Crippen molar-refractivity contribution in [1.82, 2.24) is 4.90 Å². The Morgan fingerprint density at radius 3 is 2.53 bits per heavy atom. The predicted molar refractivity (Wildman–Crippen MR) is 115 cm³/mol. The van der Waals surface area contributed by atoms with Crippen molar-refractivity contribution in [3.63, 3.8) is 0 Å². The molecule has 1 aromatic heterocycles. The lowest BCUT2D eigenvalue weighted by atomic mass is 9.98. The molecule has 0 radical (unpaired) electrons. The Kier molecular flexibility index (Phi) is 5.90. The standard InChI is InChI=1S/C24H24F3NO4/c1-14-4-3-11-28(12-14)13-18-19(29)10-9-17-21(30)20(15-5-7-16(31-2)8-6-15)23(24(25,26)27)32-22(17)18/h5-10,14,29H,3-4,11-13H2,1-2H3/t14-/m1/s1. The van der Waals surface area contributed by atoms with E-state index in [-0.39, 0.29) is 34.4 Å². The third-order valence-electron chi connectivity index (χ3n) is 5.90. The molecule has 1 aliphatic heterocycles. The Bertz CT molecular complexity index is 1190. The Hall–Kier alpha value is -3.00. The quantitative estimate of drug-likeness (QED) is 0.578. The first-order chi connectivity index (χ1) is 15.2. The number of alkyl halides is 3. The number of phenols is 1. The molecule has 0 spiro atoms. The number of methoxy groups -OCH3 is 1. The van der Waals surface area contributed by atoms with E-state index in [2.05, 4.69) is 11.8 Å². The number of benzene rings is 2. The minimum Gasteiger partial charge on any atom is -0.507 e. The highest BCUT2D eigenvalue weighted by molar-refractivity contribution is 5.87. The van der Waals surface area contributed by atoms with E-state index in [4.69, 9.17) is 9.15 Å². The summed E-state index contributed by atoms with van der Waals surface area (Å²) in [6, 6.07) is 8.40. The molecule has 4 rings (SSSR count). The van der Waals surface area contributed by atoms with Gasteiger partial charge in [-0.1, -0.05) is 19.1 Å². The summed E-state index contributed by atoms with van der Waals surface area (Å²) in [7, 11) is 1.44. The molecule has 1 aliphatic rings. The summed E-state index contributed by atoms with van der Waals surface area (Å²) < 4.78 is 52.4. The molecule has 2 aromatic carbocycles. The van der Waals surface area contributed by atoms with Gasteiger partial charge in [-0.05, 0) is 55.1 Å². The van der Waals surface area contributed by atoms with Gasteiger partial charge < -0.3 is 14.3 Å². The van der Waals surface area contributed by atoms with Gasteiger partial charge in [-0.3, -0.25) is 9.69 Å². The minimum absolute atomic E-state index is 0.00155. The van der Waals surface area contributed by atoms with Crippen LogP contribution < -0.4 is 10.2 Å². The molecule has 170 valence electrons. The molecule has 0 aliphatic carbocycles. The van der Waals surface area contributed by atoms with Crippen molar-refractivity contribution in [3.8, 4) is 22.6 Å². The van der Waals surface area contributed by atoms with Gasteiger partial charge in [0.1, 0.15) is 17.1 Å². The molecule has 1 atom stereocenters. The fourth-order valence-electron chi connectivity index (χ4n) is 4.33. The molecule has 2 heterocycles. The van der Waals surface area contributed by atoms with Crippen LogP contribution in [0.4, 0.5) is 13.2 Å². The number of phenolic OH excluding ortho intramolecular Hbond substituents is 1. The summed E-state index contributed by atoms with van der Waals surface area (Å²) >= 11 is 0. The van der Waals surface area contributed by atoms with Crippen LogP contribution in [0.5, 0.6) is 11.5 Å². The SMILES string of the molecule is COc1ccc(-c2c(C(F)(F)F)oc3c(CN4CCC[C@@H](C)C4)c(O)ccc3c2=O)cc1. The van der Waals surface area contributed by atoms with Gasteiger partial charge in [0.25, 0.3) is 0 Å². The van der Waals surface area contributed by atoms with Gasteiger partial charge in [0, 0.05) is 13.1 Å². The van der Waals surface area contributed by atoms with Crippen LogP contribution in [0.15, 0.2) is 45.6 Å². The summed E-state index contributed by atoms with van der Waals surface area (Å²) in [5.74, 6) is -0.668. The number of fused-ring (bicyclic) bond motifs is 1. The van der Waals surface area contributed by atoms with Gasteiger partial charge in [-0.2, -0.15) is 13.2 Å². The number of halogens is 3. The van der Waals surface area contributed by atoms with Crippen molar-refractivity contribution in [3.05, 3.63) is 57.9 Å². The van der Waals surface area contributed by atoms with E-state index in [0.717, 1.165) is 25.9 Å². The first kappa shape index (κ1) is 22.2. The van der Waals surface area contributed by atoms with Crippen molar-refractivity contribution in [2.75, 3.05) is 20.2 Å². The van der Waals surface area contributed by atoms with Crippen LogP contribution in [-0.2, 0) is 12.7 Å². The molecule has 1 saturated heterocycles. The van der Waals surface area contributed by atoms with E-state index < -0.39 is 22.9 Å². The van der Waals surface area contributed by atoms with Crippen molar-refractivity contribution in [2.45, 2.75) is 32.5 Å². The molecule has 32 heavy (non-hydrogen) atoms. The molecular formula is C24H24F3NO4. The first-order valence-electron chi connectivity index (χ1n) is 10.4. The average Bonchev–Trinajstić information content (AvgIpc) is 2.75. The topological polar surface area (TPSA) is 62.9 Å². The van der Waals surface area contributed by atoms with Crippen LogP contribution >= 0.6 is 0 Å². The van der Waals surface area contributed by atoms with Crippen LogP contribution in [0.3, 0.4) is 0 Å². The largest absolute Gasteiger partial charge is 0.507 e. The molecule has 0 saturated carbocycles. The molecule has 3 aromatic rings. The summed E-state index contributed by atoms with van der Waals surface area (Å²) in [5, 5.41) is 10.5. The number of aromatic hydroxyl groups is 1. The van der Waals surface area contributed by atoms with Gasteiger partial charge in [0.15, 0.2) is 0 Å². The lowest BCUT2D eigenvalue weighted by Gasteiger charge is -2.31.